The molecule has 0 spiro atoms. The van der Waals surface area contributed by atoms with Gasteiger partial charge in [-0.1, -0.05) is 0 Å². The van der Waals surface area contributed by atoms with Gasteiger partial charge in [-0.2, -0.15) is 0 Å². The summed E-state index contributed by atoms with van der Waals surface area (Å²) in [6.07, 6.45) is 0. The Morgan fingerprint density at radius 1 is 1.00 bits per heavy atom. The van der Waals surface area contributed by atoms with Crippen LogP contribution in [0.1, 0.15) is 6.92 Å². The predicted molar refractivity (Wildman–Crippen MR) is 71.1 cm³/mol. The molecular weight excluding hydrogens is 391 g/mol. The van der Waals surface area contributed by atoms with Gasteiger partial charge in [0.2, 0.25) is 0 Å². The third kappa shape index (κ3) is 4.37. The average Bonchev–Trinajstić information content (AvgIpc) is 1.99. The van der Waals surface area contributed by atoms with E-state index in [4.69, 9.17) is 6.58 Å². The Kier molecular flexibility index (Phi) is 5.22. The zero-order chi connectivity index (χ0) is 12.4. The first-order valence-electron chi connectivity index (χ1n) is 5.22. The van der Waals surface area contributed by atoms with Crippen LogP contribution in [0.4, 0.5) is 0 Å². The standard InChI is InChI=1S/C12H22Si2.Os/c1-10(11(2)13(4,5)6)12(3)14(7,8)9;/h2H,1,4-9H3;/q-1;/b12-10+;. The number of rotatable bonds is 3. The minimum absolute atomic E-state index is 1.14. The summed E-state index contributed by atoms with van der Waals surface area (Å²) in [6.45, 7) is 22.4. The van der Waals surface area contributed by atoms with Crippen molar-refractivity contribution < 1.29 is 17.9 Å². The Hall–Kier alpha value is 0.330. The van der Waals surface area contributed by atoms with E-state index >= 15 is 0 Å². The molecule has 15 heavy (non-hydrogen) atoms. The van der Waals surface area contributed by atoms with Crippen LogP contribution in [-0.4, -0.2) is 16.1 Å². The molecule has 0 aromatic heterocycles. The molecule has 0 saturated heterocycles. The predicted octanol–water partition coefficient (Wildman–Crippen LogP) is 3.92. The van der Waals surface area contributed by atoms with Crippen LogP contribution in [0.3, 0.4) is 0 Å². The summed E-state index contributed by atoms with van der Waals surface area (Å²) in [7, 11) is -2.65. The van der Waals surface area contributed by atoms with Crippen molar-refractivity contribution in [1.29, 1.82) is 0 Å². The Labute approximate surface area is 107 Å². The number of hydrogen-bond acceptors (Lipinski definition) is 0. The van der Waals surface area contributed by atoms with Gasteiger partial charge in [-0.3, -0.25) is 0 Å². The van der Waals surface area contributed by atoms with Gasteiger partial charge in [-0.05, 0) is 0 Å². The van der Waals surface area contributed by atoms with Crippen LogP contribution in [0.5, 0.6) is 0 Å². The van der Waals surface area contributed by atoms with E-state index in [-0.39, 0.29) is 0 Å². The molecule has 0 atom stereocenters. The van der Waals surface area contributed by atoms with Crippen LogP contribution in [0, 0.1) is 11.0 Å². The fourth-order valence-electron chi connectivity index (χ4n) is 1.46. The van der Waals surface area contributed by atoms with Gasteiger partial charge >= 0.3 is 107 Å². The molecule has 0 aliphatic carbocycles. The van der Waals surface area contributed by atoms with E-state index in [0.717, 1.165) is 5.20 Å². The van der Waals surface area contributed by atoms with Crippen molar-refractivity contribution >= 4 is 16.1 Å². The first kappa shape index (κ1) is 15.3. The van der Waals surface area contributed by atoms with Crippen LogP contribution in [0.25, 0.3) is 0 Å². The van der Waals surface area contributed by atoms with Gasteiger partial charge in [0.15, 0.2) is 0 Å². The molecule has 0 saturated carbocycles. The number of hydrogen-bond donors (Lipinski definition) is 0. The van der Waals surface area contributed by atoms with Crippen molar-refractivity contribution in [2.75, 3.05) is 0 Å². The zero-order valence-electron chi connectivity index (χ0n) is 10.9. The van der Waals surface area contributed by atoms with Crippen LogP contribution in [0.2, 0.25) is 39.3 Å². The summed E-state index contributed by atoms with van der Waals surface area (Å²) in [5.41, 5.74) is 1.31. The second-order valence-corrected chi connectivity index (χ2v) is 16.7. The van der Waals surface area contributed by atoms with Crippen LogP contribution >= 0.6 is 0 Å². The molecule has 0 aromatic rings. The molecule has 3 heteroatoms. The average molecular weight is 413 g/mol. The Morgan fingerprint density at radius 2 is 1.40 bits per heavy atom. The van der Waals surface area contributed by atoms with E-state index in [2.05, 4.69) is 50.6 Å². The molecule has 0 nitrogen and oxygen atoms in total. The maximum atomic E-state index is 6.27. The van der Waals surface area contributed by atoms with Crippen molar-refractivity contribution in [2.24, 2.45) is 0 Å². The van der Waals surface area contributed by atoms with Crippen LogP contribution in [0.15, 0.2) is 16.0 Å². The van der Waals surface area contributed by atoms with Crippen molar-refractivity contribution in [3.8, 4) is 4.37 Å². The van der Waals surface area contributed by atoms with E-state index in [0.29, 0.717) is 0 Å². The Bertz CT molecular complexity index is 332. The van der Waals surface area contributed by atoms with E-state index in [1.807, 2.05) is 17.9 Å². The number of allylic oxidation sites excluding steroid dienone is 3. The van der Waals surface area contributed by atoms with Gasteiger partial charge in [-0.25, -0.2) is 0 Å². The summed E-state index contributed by atoms with van der Waals surface area (Å²) < 4.78 is 3.39. The molecule has 0 radical (unpaired) electrons. The normalized spacial score (nSPS) is 14.3. The van der Waals surface area contributed by atoms with Gasteiger partial charge in [0.1, 0.15) is 0 Å². The van der Waals surface area contributed by atoms with Gasteiger partial charge in [0.25, 0.3) is 0 Å². The summed E-state index contributed by atoms with van der Waals surface area (Å²) in [5, 5.41) is 2.54. The van der Waals surface area contributed by atoms with Gasteiger partial charge in [0.05, 0.1) is 0 Å². The van der Waals surface area contributed by atoms with Crippen molar-refractivity contribution in [3.05, 3.63) is 22.5 Å². The third-order valence-electron chi connectivity index (χ3n) is 2.43. The molecule has 0 heterocycles. The van der Waals surface area contributed by atoms with E-state index in [9.17, 15) is 0 Å². The van der Waals surface area contributed by atoms with Crippen LogP contribution in [-0.2, 0) is 17.9 Å². The fourth-order valence-corrected chi connectivity index (χ4v) is 7.69. The molecule has 0 aromatic carbocycles. The second kappa shape index (κ2) is 5.11. The molecule has 0 amide bonds. The van der Waals surface area contributed by atoms with Crippen LogP contribution < -0.4 is 0 Å². The van der Waals surface area contributed by atoms with Crippen molar-refractivity contribution in [3.63, 3.8) is 0 Å². The summed E-state index contributed by atoms with van der Waals surface area (Å²) in [4.78, 5) is 0. The molecule has 0 aliphatic rings. The quantitative estimate of drug-likeness (QED) is 0.374. The molecule has 0 aliphatic heterocycles. The minimum atomic E-state index is -1.36. The molecule has 0 rings (SSSR count). The van der Waals surface area contributed by atoms with Gasteiger partial charge in [0, 0.05) is 0 Å². The fraction of sp³-hybridized carbons (Fsp3) is 0.583. The third-order valence-corrected chi connectivity index (χ3v) is 7.65. The molecule has 0 N–H and O–H groups in total. The molecule has 87 valence electrons. The van der Waals surface area contributed by atoms with Gasteiger partial charge in [-0.15, -0.1) is 0 Å². The molecule has 0 fully saturated rings. The van der Waals surface area contributed by atoms with Gasteiger partial charge < -0.3 is 0 Å². The summed E-state index contributed by atoms with van der Waals surface area (Å²) in [6, 6.07) is 0. The van der Waals surface area contributed by atoms with E-state index in [1.165, 1.54) is 10.8 Å². The summed E-state index contributed by atoms with van der Waals surface area (Å²) in [5.74, 6) is 0. The topological polar surface area (TPSA) is 0 Å². The Balaban J connectivity index is 5.47. The van der Waals surface area contributed by atoms with E-state index in [1.54, 1.807) is 0 Å². The molecule has 0 unspecified atom stereocenters. The molecule has 0 bridgehead atoms. The Morgan fingerprint density at radius 3 is 1.60 bits per heavy atom. The van der Waals surface area contributed by atoms with Crippen molar-refractivity contribution in [2.45, 2.75) is 46.2 Å². The first-order valence-corrected chi connectivity index (χ1v) is 13.5. The zero-order valence-corrected chi connectivity index (χ0v) is 15.5. The first-order chi connectivity index (χ1) is 6.51. The summed E-state index contributed by atoms with van der Waals surface area (Å²) >= 11 is 1.81. The second-order valence-electron chi connectivity index (χ2n) is 6.00. The molecular formula is C12H22OsSi2-. The monoisotopic (exact) mass is 414 g/mol. The van der Waals surface area contributed by atoms with E-state index < -0.39 is 16.1 Å². The van der Waals surface area contributed by atoms with Crippen molar-refractivity contribution in [1.82, 2.24) is 0 Å². The SMILES string of the molecule is [CH-]=C(/C(C)=C(\[C]#[Os])[Si](C)(C)C)[Si](C)(C)C. The maximum absolute atomic E-state index is 6.27.